The molecule has 2 heterocycles. The van der Waals surface area contributed by atoms with Gasteiger partial charge in [-0.15, -0.1) is 11.3 Å². The van der Waals surface area contributed by atoms with Crippen LogP contribution in [0.5, 0.6) is 11.5 Å². The number of piperidine rings is 1. The van der Waals surface area contributed by atoms with Crippen LogP contribution in [0, 0.1) is 12.8 Å². The van der Waals surface area contributed by atoms with E-state index in [1.165, 1.54) is 43.3 Å². The number of ether oxygens (including phenoxy) is 2. The Bertz CT molecular complexity index is 776. The first-order chi connectivity index (χ1) is 13.0. The van der Waals surface area contributed by atoms with Crippen LogP contribution in [0.4, 0.5) is 5.13 Å². The molecule has 0 saturated carbocycles. The summed E-state index contributed by atoms with van der Waals surface area (Å²) in [6, 6.07) is 5.28. The molecule has 0 atom stereocenters. The van der Waals surface area contributed by atoms with E-state index >= 15 is 0 Å². The summed E-state index contributed by atoms with van der Waals surface area (Å²) in [5.41, 5.74) is 1.35. The maximum atomic E-state index is 12.8. The zero-order valence-corrected chi connectivity index (χ0v) is 17.2. The number of amides is 1. The third-order valence-electron chi connectivity index (χ3n) is 5.01. The highest BCUT2D eigenvalue weighted by Gasteiger charge is 2.21. The van der Waals surface area contributed by atoms with Crippen molar-refractivity contribution in [1.29, 1.82) is 0 Å². The summed E-state index contributed by atoms with van der Waals surface area (Å²) in [6.07, 6.45) is 2.49. The lowest BCUT2D eigenvalue weighted by atomic mass is 9.99. The lowest BCUT2D eigenvalue weighted by Crippen LogP contribution is -2.32. The number of benzene rings is 1. The molecule has 1 aromatic carbocycles. The van der Waals surface area contributed by atoms with Gasteiger partial charge in [-0.1, -0.05) is 13.0 Å². The van der Waals surface area contributed by atoms with E-state index in [0.717, 1.165) is 31.2 Å². The summed E-state index contributed by atoms with van der Waals surface area (Å²) >= 11 is 1.54. The first kappa shape index (κ1) is 19.6. The first-order valence-corrected chi connectivity index (χ1v) is 10.0. The topological polar surface area (TPSA) is 63.7 Å². The van der Waals surface area contributed by atoms with Gasteiger partial charge in [0.15, 0.2) is 5.13 Å². The molecule has 3 rings (SSSR count). The van der Waals surface area contributed by atoms with E-state index in [0.29, 0.717) is 22.2 Å². The normalized spacial score (nSPS) is 15.6. The number of carbonyl (C=O) groups excluding carboxylic acids is 1. The van der Waals surface area contributed by atoms with Gasteiger partial charge in [-0.05, 0) is 50.9 Å². The van der Waals surface area contributed by atoms with Crippen molar-refractivity contribution in [3.63, 3.8) is 0 Å². The average Bonchev–Trinajstić information content (AvgIpc) is 3.01. The van der Waals surface area contributed by atoms with Crippen LogP contribution in [-0.2, 0) is 6.54 Å². The molecular weight excluding hydrogens is 362 g/mol. The van der Waals surface area contributed by atoms with E-state index in [1.807, 2.05) is 6.92 Å². The molecule has 27 heavy (non-hydrogen) atoms. The molecule has 1 amide bonds. The fraction of sp³-hybridized carbons (Fsp3) is 0.500. The minimum absolute atomic E-state index is 0.281. The number of anilines is 1. The summed E-state index contributed by atoms with van der Waals surface area (Å²) in [4.78, 5) is 21.0. The number of nitrogens with zero attached hydrogens (tertiary/aromatic N) is 2. The van der Waals surface area contributed by atoms with Crippen LogP contribution in [0.25, 0.3) is 0 Å². The first-order valence-electron chi connectivity index (χ1n) is 9.22. The molecule has 1 aliphatic heterocycles. The van der Waals surface area contributed by atoms with Crippen molar-refractivity contribution in [2.75, 3.05) is 32.6 Å². The quantitative estimate of drug-likeness (QED) is 0.810. The Morgan fingerprint density at radius 3 is 2.48 bits per heavy atom. The summed E-state index contributed by atoms with van der Waals surface area (Å²) in [6.45, 7) is 7.45. The van der Waals surface area contributed by atoms with Gasteiger partial charge in [0.1, 0.15) is 17.1 Å². The molecule has 1 aliphatic rings. The minimum Gasteiger partial charge on any atom is -0.496 e. The highest BCUT2D eigenvalue weighted by Crippen LogP contribution is 2.31. The third kappa shape index (κ3) is 4.59. The number of likely N-dealkylation sites (tertiary alicyclic amines) is 1. The van der Waals surface area contributed by atoms with Crippen LogP contribution in [0.15, 0.2) is 18.2 Å². The standard InChI is InChI=1S/C20H27N3O3S/c1-13-8-10-23(11-9-13)12-17-14(2)21-20(27-17)22-19(24)18-15(25-3)6-5-7-16(18)26-4/h5-7,13H,8-12H2,1-4H3,(H,21,22,24). The van der Waals surface area contributed by atoms with Gasteiger partial charge < -0.3 is 9.47 Å². The Hall–Kier alpha value is -2.12. The Labute approximate surface area is 164 Å². The van der Waals surface area contributed by atoms with Crippen molar-refractivity contribution in [3.05, 3.63) is 34.3 Å². The van der Waals surface area contributed by atoms with Gasteiger partial charge in [-0.25, -0.2) is 4.98 Å². The number of rotatable bonds is 6. The number of thiazole rings is 1. The predicted octanol–water partition coefficient (Wildman–Crippen LogP) is 3.95. The fourth-order valence-corrected chi connectivity index (χ4v) is 4.29. The Morgan fingerprint density at radius 1 is 1.26 bits per heavy atom. The van der Waals surface area contributed by atoms with E-state index in [1.54, 1.807) is 18.2 Å². The van der Waals surface area contributed by atoms with Gasteiger partial charge in [0.05, 0.1) is 19.9 Å². The molecule has 0 bridgehead atoms. The maximum absolute atomic E-state index is 12.8. The number of hydrogen-bond acceptors (Lipinski definition) is 6. The van der Waals surface area contributed by atoms with Crippen molar-refractivity contribution in [2.45, 2.75) is 33.2 Å². The van der Waals surface area contributed by atoms with Crippen molar-refractivity contribution >= 4 is 22.4 Å². The summed E-state index contributed by atoms with van der Waals surface area (Å²) in [5.74, 6) is 1.48. The van der Waals surface area contributed by atoms with E-state index in [4.69, 9.17) is 9.47 Å². The second-order valence-electron chi connectivity index (χ2n) is 6.98. The number of carbonyl (C=O) groups is 1. The molecular formula is C20H27N3O3S. The monoisotopic (exact) mass is 389 g/mol. The average molecular weight is 390 g/mol. The van der Waals surface area contributed by atoms with Gasteiger partial charge in [-0.2, -0.15) is 0 Å². The lowest BCUT2D eigenvalue weighted by Gasteiger charge is -2.29. The highest BCUT2D eigenvalue weighted by atomic mass is 32.1. The van der Waals surface area contributed by atoms with E-state index in [2.05, 4.69) is 22.1 Å². The van der Waals surface area contributed by atoms with Crippen LogP contribution >= 0.6 is 11.3 Å². The molecule has 0 aliphatic carbocycles. The highest BCUT2D eigenvalue weighted by molar-refractivity contribution is 7.15. The molecule has 1 N–H and O–H groups in total. The van der Waals surface area contributed by atoms with Gasteiger partial charge in [0, 0.05) is 11.4 Å². The van der Waals surface area contributed by atoms with Crippen LogP contribution in [0.2, 0.25) is 0 Å². The molecule has 0 spiro atoms. The molecule has 0 radical (unpaired) electrons. The molecule has 146 valence electrons. The van der Waals surface area contributed by atoms with E-state index in [-0.39, 0.29) is 5.91 Å². The Morgan fingerprint density at radius 2 is 1.89 bits per heavy atom. The van der Waals surface area contributed by atoms with Gasteiger partial charge in [0.2, 0.25) is 0 Å². The van der Waals surface area contributed by atoms with Crippen LogP contribution in [0.3, 0.4) is 0 Å². The van der Waals surface area contributed by atoms with Crippen molar-refractivity contribution in [3.8, 4) is 11.5 Å². The van der Waals surface area contributed by atoms with Gasteiger partial charge in [0.25, 0.3) is 5.91 Å². The molecule has 1 aromatic heterocycles. The number of methoxy groups -OCH3 is 2. The molecule has 1 fully saturated rings. The number of hydrogen-bond donors (Lipinski definition) is 1. The maximum Gasteiger partial charge on any atom is 0.265 e. The Kier molecular flexibility index (Phi) is 6.34. The zero-order valence-electron chi connectivity index (χ0n) is 16.4. The van der Waals surface area contributed by atoms with Crippen LogP contribution < -0.4 is 14.8 Å². The van der Waals surface area contributed by atoms with Crippen molar-refractivity contribution in [1.82, 2.24) is 9.88 Å². The smallest absolute Gasteiger partial charge is 0.265 e. The minimum atomic E-state index is -0.281. The lowest BCUT2D eigenvalue weighted by molar-refractivity contribution is 0.102. The van der Waals surface area contributed by atoms with Crippen LogP contribution in [0.1, 0.15) is 40.7 Å². The summed E-state index contributed by atoms with van der Waals surface area (Å²) in [5, 5.41) is 3.51. The summed E-state index contributed by atoms with van der Waals surface area (Å²) < 4.78 is 10.6. The second kappa shape index (κ2) is 8.71. The van der Waals surface area contributed by atoms with Gasteiger partial charge in [-0.3, -0.25) is 15.0 Å². The molecule has 7 heteroatoms. The largest absolute Gasteiger partial charge is 0.496 e. The fourth-order valence-electron chi connectivity index (χ4n) is 3.29. The van der Waals surface area contributed by atoms with Gasteiger partial charge >= 0.3 is 0 Å². The zero-order chi connectivity index (χ0) is 19.4. The molecule has 2 aromatic rings. The van der Waals surface area contributed by atoms with Crippen molar-refractivity contribution < 1.29 is 14.3 Å². The number of aryl methyl sites for hydroxylation is 1. The third-order valence-corrected chi connectivity index (χ3v) is 6.07. The predicted molar refractivity (Wildman–Crippen MR) is 108 cm³/mol. The van der Waals surface area contributed by atoms with E-state index in [9.17, 15) is 4.79 Å². The number of nitrogens with one attached hydrogen (secondary N) is 1. The number of aromatic nitrogens is 1. The molecule has 6 nitrogen and oxygen atoms in total. The van der Waals surface area contributed by atoms with Crippen molar-refractivity contribution in [2.24, 2.45) is 5.92 Å². The van der Waals surface area contributed by atoms with Crippen LogP contribution in [-0.4, -0.2) is 43.1 Å². The molecule has 0 unspecified atom stereocenters. The molecule has 1 saturated heterocycles. The Balaban J connectivity index is 1.72. The summed E-state index contributed by atoms with van der Waals surface area (Å²) in [7, 11) is 3.08. The van der Waals surface area contributed by atoms with E-state index < -0.39 is 0 Å². The second-order valence-corrected chi connectivity index (χ2v) is 8.06. The SMILES string of the molecule is COc1cccc(OC)c1C(=O)Nc1nc(C)c(CN2CCC(C)CC2)s1.